The molecule has 0 radical (unpaired) electrons. The number of nitrogens with one attached hydrogen (secondary N) is 1. The highest BCUT2D eigenvalue weighted by Gasteiger charge is 2.40. The molecule has 110 valence electrons. The molecule has 1 aliphatic heterocycles. The molecule has 1 amide bonds. The molecule has 0 spiro atoms. The van der Waals surface area contributed by atoms with Gasteiger partial charge in [0.2, 0.25) is 5.91 Å². The Morgan fingerprint density at radius 1 is 1.19 bits per heavy atom. The Hall–Kier alpha value is -1.61. The molecule has 1 heterocycles. The van der Waals surface area contributed by atoms with E-state index in [-0.39, 0.29) is 29.4 Å². The number of rotatable bonds is 1. The molecule has 1 N–H and O–H groups in total. The first-order valence-corrected chi connectivity index (χ1v) is 7.56. The third-order valence-electron chi connectivity index (χ3n) is 4.23. The van der Waals surface area contributed by atoms with Crippen LogP contribution < -0.4 is 5.32 Å². The average Bonchev–Trinajstić information content (AvgIpc) is 2.36. The van der Waals surface area contributed by atoms with Gasteiger partial charge in [0, 0.05) is 35.1 Å². The summed E-state index contributed by atoms with van der Waals surface area (Å²) in [4.78, 5) is 24.6. The Balaban J connectivity index is 2.11. The number of hydrogen-bond acceptors (Lipinski definition) is 2. The van der Waals surface area contributed by atoms with Crippen molar-refractivity contribution in [1.82, 2.24) is 5.32 Å². The number of hydrogen-bond donors (Lipinski definition) is 1. The van der Waals surface area contributed by atoms with Gasteiger partial charge >= 0.3 is 0 Å². The minimum Gasteiger partial charge on any atom is -0.329 e. The van der Waals surface area contributed by atoms with E-state index < -0.39 is 0 Å². The molecule has 21 heavy (non-hydrogen) atoms. The molecule has 2 aliphatic rings. The van der Waals surface area contributed by atoms with E-state index in [9.17, 15) is 9.59 Å². The lowest BCUT2D eigenvalue weighted by Crippen LogP contribution is -2.40. The Morgan fingerprint density at radius 2 is 1.90 bits per heavy atom. The summed E-state index contributed by atoms with van der Waals surface area (Å²) in [5, 5.41) is 3.51. The quantitative estimate of drug-likeness (QED) is 0.862. The normalized spacial score (nSPS) is 24.6. The third kappa shape index (κ3) is 2.62. The van der Waals surface area contributed by atoms with E-state index in [4.69, 9.17) is 11.6 Å². The van der Waals surface area contributed by atoms with Crippen molar-refractivity contribution >= 4 is 23.3 Å². The van der Waals surface area contributed by atoms with Gasteiger partial charge in [-0.1, -0.05) is 43.6 Å². The molecular weight excluding hydrogens is 286 g/mol. The fourth-order valence-electron chi connectivity index (χ4n) is 3.38. The van der Waals surface area contributed by atoms with Crippen LogP contribution in [0.3, 0.4) is 0 Å². The van der Waals surface area contributed by atoms with Crippen molar-refractivity contribution in [3.8, 4) is 0 Å². The molecule has 0 aromatic heterocycles. The summed E-state index contributed by atoms with van der Waals surface area (Å²) in [6.45, 7) is 4.11. The zero-order chi connectivity index (χ0) is 15.2. The average molecular weight is 304 g/mol. The molecule has 4 heteroatoms. The van der Waals surface area contributed by atoms with Crippen LogP contribution in [-0.4, -0.2) is 11.7 Å². The number of allylic oxidation sites excluding steroid dienone is 2. The molecule has 3 rings (SSSR count). The monoisotopic (exact) mass is 303 g/mol. The lowest BCUT2D eigenvalue weighted by molar-refractivity contribution is -0.122. The summed E-state index contributed by atoms with van der Waals surface area (Å²) in [7, 11) is 0. The molecular formula is C17H18ClNO2. The highest BCUT2D eigenvalue weighted by atomic mass is 35.5. The van der Waals surface area contributed by atoms with E-state index in [0.717, 1.165) is 23.3 Å². The van der Waals surface area contributed by atoms with Crippen LogP contribution in [0.1, 0.15) is 44.6 Å². The SMILES string of the molecule is CC1(C)CC(=O)C2=C(C1)NC(=O)C[C@H]2c1ccccc1Cl. The van der Waals surface area contributed by atoms with Crippen LogP contribution in [-0.2, 0) is 9.59 Å². The highest BCUT2D eigenvalue weighted by molar-refractivity contribution is 6.31. The molecule has 0 unspecified atom stereocenters. The van der Waals surface area contributed by atoms with Crippen molar-refractivity contribution in [2.45, 2.75) is 39.0 Å². The molecule has 0 bridgehead atoms. The van der Waals surface area contributed by atoms with Crippen molar-refractivity contribution in [1.29, 1.82) is 0 Å². The Bertz CT molecular complexity index is 661. The van der Waals surface area contributed by atoms with Crippen LogP contribution in [0.15, 0.2) is 35.5 Å². The summed E-state index contributed by atoms with van der Waals surface area (Å²) in [5.41, 5.74) is 2.31. The third-order valence-corrected chi connectivity index (χ3v) is 4.57. The van der Waals surface area contributed by atoms with Gasteiger partial charge in [0.15, 0.2) is 5.78 Å². The number of amides is 1. The summed E-state index contributed by atoms with van der Waals surface area (Å²) in [6, 6.07) is 7.46. The van der Waals surface area contributed by atoms with Gasteiger partial charge in [-0.25, -0.2) is 0 Å². The smallest absolute Gasteiger partial charge is 0.225 e. The van der Waals surface area contributed by atoms with Gasteiger partial charge in [-0.15, -0.1) is 0 Å². The van der Waals surface area contributed by atoms with Crippen LogP contribution in [0.5, 0.6) is 0 Å². The standard InChI is InChI=1S/C17H18ClNO2/c1-17(2)8-13-16(14(20)9-17)11(7-15(21)19-13)10-5-3-4-6-12(10)18/h3-6,11H,7-9H2,1-2H3,(H,19,21)/t11-/m0/s1. The molecule has 0 fully saturated rings. The van der Waals surface area contributed by atoms with Crippen LogP contribution in [0.2, 0.25) is 5.02 Å². The molecule has 0 saturated carbocycles. The predicted octanol–water partition coefficient (Wildman–Crippen LogP) is 3.59. The Kier molecular flexibility index (Phi) is 3.40. The van der Waals surface area contributed by atoms with E-state index in [1.807, 2.05) is 18.2 Å². The summed E-state index contributed by atoms with van der Waals surface area (Å²) in [5.74, 6) is -0.124. The van der Waals surface area contributed by atoms with E-state index >= 15 is 0 Å². The lowest BCUT2D eigenvalue weighted by Gasteiger charge is -2.38. The van der Waals surface area contributed by atoms with Crippen LogP contribution >= 0.6 is 11.6 Å². The van der Waals surface area contributed by atoms with E-state index in [1.54, 1.807) is 6.07 Å². The maximum Gasteiger partial charge on any atom is 0.225 e. The number of benzene rings is 1. The van der Waals surface area contributed by atoms with Crippen molar-refractivity contribution in [3.05, 3.63) is 46.1 Å². The minimum atomic E-state index is -0.217. The summed E-state index contributed by atoms with van der Waals surface area (Å²) in [6.07, 6.45) is 1.53. The fourth-order valence-corrected chi connectivity index (χ4v) is 3.65. The predicted molar refractivity (Wildman–Crippen MR) is 82.0 cm³/mol. The first-order valence-electron chi connectivity index (χ1n) is 7.18. The lowest BCUT2D eigenvalue weighted by atomic mass is 9.70. The van der Waals surface area contributed by atoms with Crippen LogP contribution in [0.4, 0.5) is 0 Å². The first kappa shape index (κ1) is 14.3. The number of Topliss-reactive ketones (excluding diaryl/α,β-unsaturated/α-hetero) is 1. The summed E-state index contributed by atoms with van der Waals surface area (Å²) >= 11 is 6.27. The zero-order valence-corrected chi connectivity index (χ0v) is 13.0. The van der Waals surface area contributed by atoms with Gasteiger partial charge in [-0.05, 0) is 23.5 Å². The summed E-state index contributed by atoms with van der Waals surface area (Å²) < 4.78 is 0. The van der Waals surface area contributed by atoms with Crippen molar-refractivity contribution < 1.29 is 9.59 Å². The van der Waals surface area contributed by atoms with E-state index in [2.05, 4.69) is 19.2 Å². The van der Waals surface area contributed by atoms with Gasteiger partial charge in [0.05, 0.1) is 0 Å². The minimum absolute atomic E-state index is 0.0378. The second kappa shape index (κ2) is 4.99. The molecule has 1 atom stereocenters. The van der Waals surface area contributed by atoms with E-state index in [0.29, 0.717) is 11.4 Å². The molecule has 3 nitrogen and oxygen atoms in total. The second-order valence-corrected chi connectivity index (χ2v) is 7.07. The molecule has 1 aromatic carbocycles. The highest BCUT2D eigenvalue weighted by Crippen LogP contribution is 2.45. The molecule has 0 saturated heterocycles. The van der Waals surface area contributed by atoms with E-state index in [1.165, 1.54) is 0 Å². The molecule has 1 aromatic rings. The Morgan fingerprint density at radius 3 is 2.62 bits per heavy atom. The van der Waals surface area contributed by atoms with Crippen molar-refractivity contribution in [2.75, 3.05) is 0 Å². The Labute approximate surface area is 129 Å². The first-order chi connectivity index (χ1) is 9.87. The van der Waals surface area contributed by atoms with Crippen molar-refractivity contribution in [2.24, 2.45) is 5.41 Å². The van der Waals surface area contributed by atoms with Crippen LogP contribution in [0, 0.1) is 5.41 Å². The van der Waals surface area contributed by atoms with Gasteiger partial charge in [-0.3, -0.25) is 9.59 Å². The van der Waals surface area contributed by atoms with Gasteiger partial charge in [0.25, 0.3) is 0 Å². The largest absolute Gasteiger partial charge is 0.329 e. The topological polar surface area (TPSA) is 46.2 Å². The maximum absolute atomic E-state index is 12.6. The van der Waals surface area contributed by atoms with Gasteiger partial charge in [0.1, 0.15) is 0 Å². The van der Waals surface area contributed by atoms with Crippen molar-refractivity contribution in [3.63, 3.8) is 0 Å². The number of ketones is 1. The molecule has 1 aliphatic carbocycles. The number of carbonyl (C=O) groups is 2. The number of carbonyl (C=O) groups excluding carboxylic acids is 2. The van der Waals surface area contributed by atoms with Crippen LogP contribution in [0.25, 0.3) is 0 Å². The van der Waals surface area contributed by atoms with Gasteiger partial charge in [-0.2, -0.15) is 0 Å². The van der Waals surface area contributed by atoms with Gasteiger partial charge < -0.3 is 5.32 Å². The zero-order valence-electron chi connectivity index (χ0n) is 12.2. The maximum atomic E-state index is 12.6. The second-order valence-electron chi connectivity index (χ2n) is 6.66. The fraction of sp³-hybridized carbons (Fsp3) is 0.412. The number of halogens is 1.